The second-order valence-electron chi connectivity index (χ2n) is 5.11. The predicted octanol–water partition coefficient (Wildman–Crippen LogP) is 2.22. The van der Waals surface area contributed by atoms with Gasteiger partial charge in [-0.2, -0.15) is 5.26 Å². The first kappa shape index (κ1) is 14.0. The number of nitriles is 1. The summed E-state index contributed by atoms with van der Waals surface area (Å²) in [4.78, 5) is 15.8. The minimum atomic E-state index is -0.704. The highest BCUT2D eigenvalue weighted by Crippen LogP contribution is 2.32. The van der Waals surface area contributed by atoms with Gasteiger partial charge in [-0.1, -0.05) is 6.07 Å². The third-order valence-corrected chi connectivity index (χ3v) is 3.70. The standard InChI is InChI=1S/C16H12FN3O2/c17-11-6-14(21)15(19-8-11)16(22)20-13-4-2-10-5-9(7-18)1-3-12(10)13/h1,3,5-6,8,13,21H,2,4H2,(H,20,22). The van der Waals surface area contributed by atoms with E-state index in [9.17, 15) is 14.3 Å². The van der Waals surface area contributed by atoms with Gasteiger partial charge in [0.05, 0.1) is 23.9 Å². The molecule has 1 unspecified atom stereocenters. The lowest BCUT2D eigenvalue weighted by molar-refractivity contribution is 0.0928. The zero-order valence-electron chi connectivity index (χ0n) is 11.5. The Morgan fingerprint density at radius 2 is 2.27 bits per heavy atom. The number of nitrogens with one attached hydrogen (secondary N) is 1. The normalized spacial score (nSPS) is 15.9. The molecule has 0 fully saturated rings. The number of halogens is 1. The quantitative estimate of drug-likeness (QED) is 0.890. The molecular formula is C16H12FN3O2. The van der Waals surface area contributed by atoms with E-state index >= 15 is 0 Å². The van der Waals surface area contributed by atoms with Gasteiger partial charge in [0.1, 0.15) is 11.6 Å². The Labute approximate surface area is 126 Å². The lowest BCUT2D eigenvalue weighted by Crippen LogP contribution is -2.28. The molecule has 0 aliphatic heterocycles. The van der Waals surface area contributed by atoms with Crippen molar-refractivity contribution in [3.8, 4) is 11.8 Å². The first-order chi connectivity index (χ1) is 10.6. The van der Waals surface area contributed by atoms with E-state index < -0.39 is 17.5 Å². The second-order valence-corrected chi connectivity index (χ2v) is 5.11. The number of pyridine rings is 1. The minimum Gasteiger partial charge on any atom is -0.505 e. The van der Waals surface area contributed by atoms with E-state index in [1.54, 1.807) is 6.07 Å². The molecule has 110 valence electrons. The number of fused-ring (bicyclic) bond motifs is 1. The van der Waals surface area contributed by atoms with E-state index in [-0.39, 0.29) is 11.7 Å². The molecule has 1 aliphatic carbocycles. The number of nitrogens with zero attached hydrogens (tertiary/aromatic N) is 2. The number of benzene rings is 1. The molecule has 1 aliphatic rings. The molecule has 0 saturated heterocycles. The lowest BCUT2D eigenvalue weighted by atomic mass is 10.1. The van der Waals surface area contributed by atoms with Crippen LogP contribution in [0.5, 0.6) is 5.75 Å². The average molecular weight is 297 g/mol. The Morgan fingerprint density at radius 3 is 3.00 bits per heavy atom. The number of rotatable bonds is 2. The summed E-state index contributed by atoms with van der Waals surface area (Å²) >= 11 is 0. The number of aromatic hydroxyl groups is 1. The fraction of sp³-hybridized carbons (Fsp3) is 0.188. The van der Waals surface area contributed by atoms with Gasteiger partial charge in [0.15, 0.2) is 5.69 Å². The fourth-order valence-corrected chi connectivity index (χ4v) is 2.67. The van der Waals surface area contributed by atoms with Crippen molar-refractivity contribution in [2.45, 2.75) is 18.9 Å². The van der Waals surface area contributed by atoms with E-state index in [4.69, 9.17) is 5.26 Å². The average Bonchev–Trinajstić information content (AvgIpc) is 2.89. The third kappa shape index (κ3) is 2.49. The molecule has 2 aromatic rings. The molecule has 0 spiro atoms. The van der Waals surface area contributed by atoms with Crippen LogP contribution in [0.15, 0.2) is 30.5 Å². The Kier molecular flexibility index (Phi) is 3.47. The molecule has 1 aromatic heterocycles. The molecule has 5 nitrogen and oxygen atoms in total. The lowest BCUT2D eigenvalue weighted by Gasteiger charge is -2.14. The SMILES string of the molecule is N#Cc1ccc2c(c1)CCC2NC(=O)c1ncc(F)cc1O. The zero-order valence-corrected chi connectivity index (χ0v) is 11.5. The molecule has 0 radical (unpaired) electrons. The van der Waals surface area contributed by atoms with E-state index in [2.05, 4.69) is 16.4 Å². The monoisotopic (exact) mass is 297 g/mol. The number of carbonyl (C=O) groups is 1. The highest BCUT2D eigenvalue weighted by Gasteiger charge is 2.26. The van der Waals surface area contributed by atoms with Gasteiger partial charge in [0, 0.05) is 6.07 Å². The third-order valence-electron chi connectivity index (χ3n) is 3.70. The van der Waals surface area contributed by atoms with Crippen LogP contribution < -0.4 is 5.32 Å². The van der Waals surface area contributed by atoms with Crippen molar-refractivity contribution in [1.82, 2.24) is 10.3 Å². The molecule has 6 heteroatoms. The first-order valence-corrected chi connectivity index (χ1v) is 6.77. The Balaban J connectivity index is 1.81. The van der Waals surface area contributed by atoms with Gasteiger partial charge in [-0.15, -0.1) is 0 Å². The van der Waals surface area contributed by atoms with Gasteiger partial charge >= 0.3 is 0 Å². The van der Waals surface area contributed by atoms with Crippen LogP contribution in [0.4, 0.5) is 4.39 Å². The molecule has 2 N–H and O–H groups in total. The number of carbonyl (C=O) groups excluding carboxylic acids is 1. The van der Waals surface area contributed by atoms with Crippen LogP contribution in [0.1, 0.15) is 39.6 Å². The summed E-state index contributed by atoms with van der Waals surface area (Å²) in [6.45, 7) is 0. The van der Waals surface area contributed by atoms with E-state index in [0.29, 0.717) is 12.0 Å². The molecule has 3 rings (SSSR count). The maximum Gasteiger partial charge on any atom is 0.274 e. The highest BCUT2D eigenvalue weighted by atomic mass is 19.1. The summed E-state index contributed by atoms with van der Waals surface area (Å²) in [5, 5.41) is 21.3. The van der Waals surface area contributed by atoms with E-state index in [1.165, 1.54) is 0 Å². The highest BCUT2D eigenvalue weighted by molar-refractivity contribution is 5.95. The van der Waals surface area contributed by atoms with Crippen molar-refractivity contribution >= 4 is 5.91 Å². The Morgan fingerprint density at radius 1 is 1.45 bits per heavy atom. The van der Waals surface area contributed by atoms with Crippen LogP contribution in [-0.4, -0.2) is 16.0 Å². The second kappa shape index (κ2) is 5.45. The maximum atomic E-state index is 12.9. The summed E-state index contributed by atoms with van der Waals surface area (Å²) in [5.41, 5.74) is 2.36. The molecule has 1 heterocycles. The fourth-order valence-electron chi connectivity index (χ4n) is 2.67. The smallest absolute Gasteiger partial charge is 0.274 e. The van der Waals surface area contributed by atoms with Gasteiger partial charge in [0.2, 0.25) is 0 Å². The molecule has 1 amide bonds. The largest absolute Gasteiger partial charge is 0.505 e. The maximum absolute atomic E-state index is 12.9. The van der Waals surface area contributed by atoms with Gasteiger partial charge in [-0.05, 0) is 36.1 Å². The van der Waals surface area contributed by atoms with Crippen molar-refractivity contribution in [3.63, 3.8) is 0 Å². The Hall–Kier alpha value is -2.94. The van der Waals surface area contributed by atoms with Crippen LogP contribution >= 0.6 is 0 Å². The predicted molar refractivity (Wildman–Crippen MR) is 75.5 cm³/mol. The zero-order chi connectivity index (χ0) is 15.7. The van der Waals surface area contributed by atoms with Crippen LogP contribution in [0.2, 0.25) is 0 Å². The topological polar surface area (TPSA) is 86.0 Å². The number of hydrogen-bond acceptors (Lipinski definition) is 4. The van der Waals surface area contributed by atoms with E-state index in [0.717, 1.165) is 29.8 Å². The first-order valence-electron chi connectivity index (χ1n) is 6.77. The van der Waals surface area contributed by atoms with Crippen molar-refractivity contribution in [3.05, 3.63) is 58.7 Å². The van der Waals surface area contributed by atoms with Crippen LogP contribution in [0.25, 0.3) is 0 Å². The molecule has 0 saturated carbocycles. The number of hydrogen-bond donors (Lipinski definition) is 2. The minimum absolute atomic E-state index is 0.205. The number of aryl methyl sites for hydroxylation is 1. The summed E-state index contributed by atoms with van der Waals surface area (Å²) in [6, 6.07) is 8.07. The summed E-state index contributed by atoms with van der Waals surface area (Å²) < 4.78 is 12.9. The van der Waals surface area contributed by atoms with Crippen LogP contribution in [-0.2, 0) is 6.42 Å². The molecular weight excluding hydrogens is 285 g/mol. The van der Waals surface area contributed by atoms with Crippen LogP contribution in [0.3, 0.4) is 0 Å². The Bertz CT molecular complexity index is 798. The summed E-state index contributed by atoms with van der Waals surface area (Å²) in [6.07, 6.45) is 2.35. The van der Waals surface area contributed by atoms with Gasteiger partial charge in [-0.3, -0.25) is 4.79 Å². The van der Waals surface area contributed by atoms with Crippen molar-refractivity contribution in [2.75, 3.05) is 0 Å². The summed E-state index contributed by atoms with van der Waals surface area (Å²) in [5.74, 6) is -1.75. The number of amides is 1. The number of aromatic nitrogens is 1. The van der Waals surface area contributed by atoms with Gasteiger partial charge in [0.25, 0.3) is 5.91 Å². The molecule has 0 bridgehead atoms. The summed E-state index contributed by atoms with van der Waals surface area (Å²) in [7, 11) is 0. The van der Waals surface area contributed by atoms with Crippen molar-refractivity contribution < 1.29 is 14.3 Å². The van der Waals surface area contributed by atoms with Crippen molar-refractivity contribution in [2.24, 2.45) is 0 Å². The van der Waals surface area contributed by atoms with E-state index in [1.807, 2.05) is 12.1 Å². The van der Waals surface area contributed by atoms with Crippen molar-refractivity contribution in [1.29, 1.82) is 5.26 Å². The molecule has 22 heavy (non-hydrogen) atoms. The molecule has 1 atom stereocenters. The van der Waals surface area contributed by atoms with Gasteiger partial charge < -0.3 is 10.4 Å². The van der Waals surface area contributed by atoms with Gasteiger partial charge in [-0.25, -0.2) is 9.37 Å². The van der Waals surface area contributed by atoms with Crippen LogP contribution in [0, 0.1) is 17.1 Å². The molecule has 1 aromatic carbocycles.